The minimum Gasteiger partial charge on any atom is -0.486 e. The van der Waals surface area contributed by atoms with E-state index in [0.717, 1.165) is 11.4 Å². The number of carboxylic acid groups (broad SMARTS) is 1. The van der Waals surface area contributed by atoms with Crippen LogP contribution < -0.4 is 10.1 Å². The lowest BCUT2D eigenvalue weighted by atomic mass is 9.93. The van der Waals surface area contributed by atoms with Gasteiger partial charge in [0.25, 0.3) is 0 Å². The number of carbonyl (C=O) groups is 1. The number of hydrogen-bond acceptors (Lipinski definition) is 3. The average molecular weight is 301 g/mol. The van der Waals surface area contributed by atoms with Gasteiger partial charge in [-0.15, -0.1) is 0 Å². The fourth-order valence-corrected chi connectivity index (χ4v) is 3.15. The van der Waals surface area contributed by atoms with Crippen molar-refractivity contribution in [3.63, 3.8) is 0 Å². The molecule has 118 valence electrons. The average Bonchev–Trinajstić information content (AvgIpc) is 2.54. The Balaban J connectivity index is 1.66. The van der Waals surface area contributed by atoms with Gasteiger partial charge in [-0.2, -0.15) is 0 Å². The van der Waals surface area contributed by atoms with Gasteiger partial charge in [0, 0.05) is 6.42 Å². The van der Waals surface area contributed by atoms with Crippen molar-refractivity contribution < 1.29 is 14.6 Å². The van der Waals surface area contributed by atoms with Crippen LogP contribution in [-0.4, -0.2) is 23.7 Å². The van der Waals surface area contributed by atoms with E-state index >= 15 is 0 Å². The monoisotopic (exact) mass is 301 g/mol. The number of ether oxygens (including phenoxy) is 1. The molecule has 22 heavy (non-hydrogen) atoms. The molecular formula is C18H23NO3. The maximum absolute atomic E-state index is 10.6. The zero-order valence-electron chi connectivity index (χ0n) is 12.8. The molecule has 0 bridgehead atoms. The normalized spacial score (nSPS) is 20.5. The van der Waals surface area contributed by atoms with Crippen molar-refractivity contribution in [3.05, 3.63) is 29.3 Å². The van der Waals surface area contributed by atoms with Crippen molar-refractivity contribution in [1.29, 1.82) is 0 Å². The van der Waals surface area contributed by atoms with Crippen LogP contribution in [-0.2, 0) is 4.79 Å². The first-order valence-corrected chi connectivity index (χ1v) is 8.16. The van der Waals surface area contributed by atoms with Gasteiger partial charge < -0.3 is 15.2 Å². The molecule has 0 amide bonds. The first kappa shape index (κ1) is 14.9. The number of anilines is 1. The van der Waals surface area contributed by atoms with Crippen LogP contribution in [0.15, 0.2) is 23.8 Å². The number of hydrogen-bond donors (Lipinski definition) is 2. The van der Waals surface area contributed by atoms with Gasteiger partial charge >= 0.3 is 5.97 Å². The lowest BCUT2D eigenvalue weighted by molar-refractivity contribution is -0.137. The minimum absolute atomic E-state index is 0.0638. The molecule has 0 radical (unpaired) electrons. The first-order chi connectivity index (χ1) is 10.7. The van der Waals surface area contributed by atoms with Gasteiger partial charge in [0.2, 0.25) is 0 Å². The Bertz CT molecular complexity index is 572. The van der Waals surface area contributed by atoms with Gasteiger partial charge in [0.1, 0.15) is 11.9 Å². The molecule has 3 rings (SSSR count). The Labute approximate surface area is 131 Å². The topological polar surface area (TPSA) is 58.6 Å². The molecule has 1 aromatic rings. The first-order valence-electron chi connectivity index (χ1n) is 8.16. The van der Waals surface area contributed by atoms with E-state index in [1.165, 1.54) is 37.7 Å². The third-order valence-electron chi connectivity index (χ3n) is 4.36. The second-order valence-corrected chi connectivity index (χ2v) is 6.17. The van der Waals surface area contributed by atoms with E-state index in [4.69, 9.17) is 9.84 Å². The molecule has 0 aromatic heterocycles. The number of carboxylic acids is 1. The molecule has 4 nitrogen and oxygen atoms in total. The van der Waals surface area contributed by atoms with E-state index in [1.54, 1.807) is 5.57 Å². The molecule has 1 unspecified atom stereocenters. The van der Waals surface area contributed by atoms with Gasteiger partial charge in [0.15, 0.2) is 0 Å². The van der Waals surface area contributed by atoms with E-state index in [-0.39, 0.29) is 12.5 Å². The molecule has 2 aliphatic rings. The molecule has 1 aliphatic carbocycles. The van der Waals surface area contributed by atoms with Gasteiger partial charge in [-0.3, -0.25) is 4.79 Å². The van der Waals surface area contributed by atoms with Crippen molar-refractivity contribution in [3.8, 4) is 5.75 Å². The summed E-state index contributed by atoms with van der Waals surface area (Å²) in [5.41, 5.74) is 3.77. The summed E-state index contributed by atoms with van der Waals surface area (Å²) in [4.78, 5) is 10.6. The summed E-state index contributed by atoms with van der Waals surface area (Å²) in [5, 5.41) is 12.1. The number of rotatable bonds is 4. The molecule has 1 aromatic carbocycles. The van der Waals surface area contributed by atoms with Crippen LogP contribution in [0.25, 0.3) is 6.08 Å². The number of benzene rings is 1. The van der Waals surface area contributed by atoms with E-state index in [2.05, 4.69) is 23.5 Å². The molecule has 4 heteroatoms. The quantitative estimate of drug-likeness (QED) is 0.880. The maximum atomic E-state index is 10.6. The maximum Gasteiger partial charge on any atom is 0.303 e. The lowest BCUT2D eigenvalue weighted by Gasteiger charge is -2.27. The molecule has 1 fully saturated rings. The predicted molar refractivity (Wildman–Crippen MR) is 87.3 cm³/mol. The molecule has 1 heterocycles. The Morgan fingerprint density at radius 2 is 2.14 bits per heavy atom. The van der Waals surface area contributed by atoms with E-state index in [9.17, 15) is 4.79 Å². The van der Waals surface area contributed by atoms with Crippen LogP contribution in [0.3, 0.4) is 0 Å². The third kappa shape index (κ3) is 3.81. The number of aliphatic carboxylic acids is 1. The van der Waals surface area contributed by atoms with Crippen LogP contribution >= 0.6 is 0 Å². The molecule has 2 N–H and O–H groups in total. The summed E-state index contributed by atoms with van der Waals surface area (Å²) in [5.74, 6) is 0.0521. The van der Waals surface area contributed by atoms with Crippen molar-refractivity contribution in [2.75, 3.05) is 11.9 Å². The van der Waals surface area contributed by atoms with Gasteiger partial charge in [-0.25, -0.2) is 0 Å². The van der Waals surface area contributed by atoms with Gasteiger partial charge in [0.05, 0.1) is 12.2 Å². The minimum atomic E-state index is -0.774. The number of allylic oxidation sites excluding steroid dienone is 1. The van der Waals surface area contributed by atoms with E-state index in [1.807, 2.05) is 6.07 Å². The fourth-order valence-electron chi connectivity index (χ4n) is 3.15. The van der Waals surface area contributed by atoms with Crippen LogP contribution in [0, 0.1) is 0 Å². The fraction of sp³-hybridized carbons (Fsp3) is 0.500. The second kappa shape index (κ2) is 6.86. The second-order valence-electron chi connectivity index (χ2n) is 6.17. The molecule has 1 atom stereocenters. The Morgan fingerprint density at radius 1 is 1.32 bits per heavy atom. The molecular weight excluding hydrogens is 278 g/mol. The summed E-state index contributed by atoms with van der Waals surface area (Å²) in [6, 6.07) is 6.20. The molecule has 1 aliphatic heterocycles. The highest BCUT2D eigenvalue weighted by atomic mass is 16.5. The zero-order valence-corrected chi connectivity index (χ0v) is 12.8. The van der Waals surface area contributed by atoms with Crippen molar-refractivity contribution in [2.24, 2.45) is 0 Å². The summed E-state index contributed by atoms with van der Waals surface area (Å²) >= 11 is 0. The SMILES string of the molecule is O=C(O)CCC1CNc2cc(C=C3CCCCC3)ccc2O1. The smallest absolute Gasteiger partial charge is 0.303 e. The lowest BCUT2D eigenvalue weighted by Crippen LogP contribution is -2.31. The van der Waals surface area contributed by atoms with Gasteiger partial charge in [-0.05, 0) is 49.8 Å². The van der Waals surface area contributed by atoms with Gasteiger partial charge in [-0.1, -0.05) is 24.1 Å². The largest absolute Gasteiger partial charge is 0.486 e. The highest BCUT2D eigenvalue weighted by molar-refractivity contribution is 5.67. The zero-order chi connectivity index (χ0) is 15.4. The molecule has 1 saturated carbocycles. The summed E-state index contributed by atoms with van der Waals surface area (Å²) < 4.78 is 5.88. The van der Waals surface area contributed by atoms with Crippen LogP contribution in [0.4, 0.5) is 5.69 Å². The van der Waals surface area contributed by atoms with E-state index < -0.39 is 5.97 Å². The predicted octanol–water partition coefficient (Wildman–Crippen LogP) is 4.07. The molecule has 0 saturated heterocycles. The van der Waals surface area contributed by atoms with Crippen LogP contribution in [0.2, 0.25) is 0 Å². The summed E-state index contributed by atoms with van der Waals surface area (Å²) in [6.07, 6.45) is 9.33. The Hall–Kier alpha value is -1.97. The van der Waals surface area contributed by atoms with Crippen LogP contribution in [0.5, 0.6) is 5.75 Å². The number of fused-ring (bicyclic) bond motifs is 1. The highest BCUT2D eigenvalue weighted by Crippen LogP contribution is 2.32. The summed E-state index contributed by atoms with van der Waals surface area (Å²) in [7, 11) is 0. The highest BCUT2D eigenvalue weighted by Gasteiger charge is 2.20. The standard InChI is InChI=1S/C18H23NO3/c20-18(21)9-7-15-12-19-16-11-14(6-8-17(16)22-15)10-13-4-2-1-3-5-13/h6,8,10-11,15,19H,1-5,7,9,12H2,(H,20,21). The van der Waals surface area contributed by atoms with Crippen molar-refractivity contribution in [1.82, 2.24) is 0 Å². The van der Waals surface area contributed by atoms with E-state index in [0.29, 0.717) is 13.0 Å². The van der Waals surface area contributed by atoms with Crippen LogP contribution in [0.1, 0.15) is 50.5 Å². The van der Waals surface area contributed by atoms with Crippen molar-refractivity contribution in [2.45, 2.75) is 51.0 Å². The molecule has 0 spiro atoms. The Kier molecular flexibility index (Phi) is 4.66. The third-order valence-corrected chi connectivity index (χ3v) is 4.36. The Morgan fingerprint density at radius 3 is 2.91 bits per heavy atom. The van der Waals surface area contributed by atoms with Crippen molar-refractivity contribution >= 4 is 17.7 Å². The summed E-state index contributed by atoms with van der Waals surface area (Å²) in [6.45, 7) is 0.667. The number of nitrogens with one attached hydrogen (secondary N) is 1.